The molecule has 3 aromatic rings. The van der Waals surface area contributed by atoms with E-state index < -0.39 is 4.92 Å². The smallest absolute Gasteiger partial charge is 0.313 e. The van der Waals surface area contributed by atoms with Crippen molar-refractivity contribution in [2.24, 2.45) is 5.10 Å². The van der Waals surface area contributed by atoms with Crippen molar-refractivity contribution in [3.63, 3.8) is 0 Å². The fraction of sp³-hybridized carbons (Fsp3) is 0.100. The molecule has 0 spiro atoms. The van der Waals surface area contributed by atoms with Crippen molar-refractivity contribution in [3.05, 3.63) is 83.5 Å². The number of nitrogens with one attached hydrogen (secondary N) is 1. The second kappa shape index (κ2) is 10.6. The number of halogens is 3. The van der Waals surface area contributed by atoms with E-state index in [-0.39, 0.29) is 18.1 Å². The average molecular weight is 573 g/mol. The van der Waals surface area contributed by atoms with Crippen LogP contribution in [-0.4, -0.2) is 23.2 Å². The Labute approximate surface area is 201 Å². The molecule has 0 atom stereocenters. The van der Waals surface area contributed by atoms with E-state index in [1.54, 1.807) is 18.2 Å². The number of aromatic nitrogens is 1. The van der Waals surface area contributed by atoms with Gasteiger partial charge in [-0.05, 0) is 64.0 Å². The summed E-state index contributed by atoms with van der Waals surface area (Å²) < 4.78 is 12.2. The fourth-order valence-corrected chi connectivity index (χ4v) is 3.64. The molecule has 1 heterocycles. The van der Waals surface area contributed by atoms with Crippen molar-refractivity contribution >= 4 is 63.5 Å². The maximum atomic E-state index is 11.0. The molecule has 0 saturated heterocycles. The number of anilines is 1. The third-order valence-corrected chi connectivity index (χ3v) is 5.53. The lowest BCUT2D eigenvalue weighted by atomic mass is 10.2. The van der Waals surface area contributed by atoms with Gasteiger partial charge in [-0.15, -0.1) is 0 Å². The van der Waals surface area contributed by atoms with Crippen LogP contribution >= 0.6 is 45.8 Å². The normalized spacial score (nSPS) is 10.8. The number of pyridine rings is 1. The van der Waals surface area contributed by atoms with Crippen molar-refractivity contribution in [3.8, 4) is 11.5 Å². The Morgan fingerprint density at radius 3 is 2.77 bits per heavy atom. The largest absolute Gasteiger partial charge is 0.493 e. The van der Waals surface area contributed by atoms with E-state index in [0.29, 0.717) is 27.1 Å². The number of nitro groups is 1. The first-order valence-corrected chi connectivity index (χ1v) is 10.5. The molecular weight excluding hydrogens is 558 g/mol. The molecule has 0 saturated carbocycles. The van der Waals surface area contributed by atoms with Crippen LogP contribution in [0.3, 0.4) is 0 Å². The maximum absolute atomic E-state index is 11.0. The van der Waals surface area contributed by atoms with Gasteiger partial charge in [0, 0.05) is 12.3 Å². The van der Waals surface area contributed by atoms with Gasteiger partial charge in [0.25, 0.3) is 0 Å². The van der Waals surface area contributed by atoms with Gasteiger partial charge in [-0.3, -0.25) is 15.5 Å². The first-order valence-electron chi connectivity index (χ1n) is 8.71. The van der Waals surface area contributed by atoms with Gasteiger partial charge < -0.3 is 9.47 Å². The summed E-state index contributed by atoms with van der Waals surface area (Å²) in [5, 5.41) is 16.0. The molecule has 8 nitrogen and oxygen atoms in total. The second-order valence-corrected chi connectivity index (χ2v) is 8.05. The highest BCUT2D eigenvalue weighted by Crippen LogP contribution is 2.34. The summed E-state index contributed by atoms with van der Waals surface area (Å²) in [5.41, 5.74) is 3.98. The summed E-state index contributed by atoms with van der Waals surface area (Å²) in [7, 11) is 1.54. The summed E-state index contributed by atoms with van der Waals surface area (Å²) in [6, 6.07) is 11.7. The molecule has 0 fully saturated rings. The Bertz CT molecular complexity index is 1140. The van der Waals surface area contributed by atoms with E-state index in [1.165, 1.54) is 31.7 Å². The van der Waals surface area contributed by atoms with Crippen molar-refractivity contribution in [2.45, 2.75) is 6.61 Å². The van der Waals surface area contributed by atoms with Crippen molar-refractivity contribution < 1.29 is 14.4 Å². The molecule has 11 heteroatoms. The molecule has 3 rings (SSSR count). The lowest BCUT2D eigenvalue weighted by Crippen LogP contribution is -2.02. The Kier molecular flexibility index (Phi) is 7.88. The fourth-order valence-electron chi connectivity index (χ4n) is 2.54. The summed E-state index contributed by atoms with van der Waals surface area (Å²) in [5.74, 6) is 1.13. The summed E-state index contributed by atoms with van der Waals surface area (Å²) in [6.45, 7) is 0.279. The Balaban J connectivity index is 1.75. The first kappa shape index (κ1) is 23.0. The number of benzene rings is 2. The van der Waals surface area contributed by atoms with Gasteiger partial charge in [0.15, 0.2) is 11.5 Å². The monoisotopic (exact) mass is 572 g/mol. The van der Waals surface area contributed by atoms with Gasteiger partial charge in [0.05, 0.1) is 31.9 Å². The Morgan fingerprint density at radius 1 is 1.26 bits per heavy atom. The summed E-state index contributed by atoms with van der Waals surface area (Å²) >= 11 is 14.1. The highest BCUT2D eigenvalue weighted by Gasteiger charge is 2.14. The van der Waals surface area contributed by atoms with Gasteiger partial charge in [-0.2, -0.15) is 5.10 Å². The predicted molar refractivity (Wildman–Crippen MR) is 129 cm³/mol. The van der Waals surface area contributed by atoms with Crippen molar-refractivity contribution in [1.82, 2.24) is 4.98 Å². The molecule has 0 aliphatic heterocycles. The molecule has 1 aromatic heterocycles. The van der Waals surface area contributed by atoms with Crippen LogP contribution in [0.15, 0.2) is 53.8 Å². The van der Waals surface area contributed by atoms with E-state index >= 15 is 0 Å². The van der Waals surface area contributed by atoms with E-state index in [4.69, 9.17) is 32.7 Å². The summed E-state index contributed by atoms with van der Waals surface area (Å²) in [4.78, 5) is 14.4. The molecule has 31 heavy (non-hydrogen) atoms. The highest BCUT2D eigenvalue weighted by atomic mass is 127. The Morgan fingerprint density at radius 2 is 2.06 bits per heavy atom. The first-order chi connectivity index (χ1) is 14.9. The average Bonchev–Trinajstić information content (AvgIpc) is 2.75. The minimum Gasteiger partial charge on any atom is -0.493 e. The third kappa shape index (κ3) is 5.96. The van der Waals surface area contributed by atoms with Gasteiger partial charge in [-0.1, -0.05) is 29.3 Å². The topological polar surface area (TPSA) is 98.9 Å². The quantitative estimate of drug-likeness (QED) is 0.155. The van der Waals surface area contributed by atoms with Crippen LogP contribution in [0.4, 0.5) is 11.5 Å². The van der Waals surface area contributed by atoms with Crippen LogP contribution in [0.5, 0.6) is 11.5 Å². The van der Waals surface area contributed by atoms with Crippen LogP contribution in [0, 0.1) is 13.7 Å². The van der Waals surface area contributed by atoms with E-state index in [0.717, 1.165) is 9.13 Å². The molecule has 0 radical (unpaired) electrons. The molecule has 160 valence electrons. The molecule has 1 N–H and O–H groups in total. The lowest BCUT2D eigenvalue weighted by Gasteiger charge is -2.14. The highest BCUT2D eigenvalue weighted by molar-refractivity contribution is 14.1. The molecule has 0 aliphatic rings. The molecule has 0 aliphatic carbocycles. The molecule has 0 amide bonds. The molecule has 0 bridgehead atoms. The molecular formula is C20H15Cl2IN4O4. The number of hydrazone groups is 1. The van der Waals surface area contributed by atoms with E-state index in [1.807, 2.05) is 12.1 Å². The third-order valence-electron chi connectivity index (χ3n) is 3.99. The van der Waals surface area contributed by atoms with Crippen molar-refractivity contribution in [1.29, 1.82) is 0 Å². The number of hydrogen-bond acceptors (Lipinski definition) is 7. The van der Waals surface area contributed by atoms with Crippen LogP contribution in [0.1, 0.15) is 11.1 Å². The zero-order valence-corrected chi connectivity index (χ0v) is 19.7. The van der Waals surface area contributed by atoms with Crippen molar-refractivity contribution in [2.75, 3.05) is 12.5 Å². The minimum atomic E-state index is -0.531. The zero-order valence-electron chi connectivity index (χ0n) is 16.0. The van der Waals surface area contributed by atoms with Gasteiger partial charge in [0.2, 0.25) is 5.82 Å². The molecule has 2 aromatic carbocycles. The number of methoxy groups -OCH3 is 1. The van der Waals surface area contributed by atoms with Gasteiger partial charge >= 0.3 is 5.69 Å². The van der Waals surface area contributed by atoms with E-state index in [2.05, 4.69) is 38.1 Å². The lowest BCUT2D eigenvalue weighted by molar-refractivity contribution is -0.384. The molecule has 0 unspecified atom stereocenters. The second-order valence-electron chi connectivity index (χ2n) is 6.07. The van der Waals surface area contributed by atoms with Crippen LogP contribution < -0.4 is 14.9 Å². The SMILES string of the molecule is COc1cc(/C=N\Nc2ncccc2[N+](=O)[O-])cc(I)c1OCc1ccc(Cl)c(Cl)c1. The summed E-state index contributed by atoms with van der Waals surface area (Å²) in [6.07, 6.45) is 2.95. The van der Waals surface area contributed by atoms with E-state index in [9.17, 15) is 10.1 Å². The predicted octanol–water partition coefficient (Wildman–Crippen LogP) is 5.93. The van der Waals surface area contributed by atoms with Gasteiger partial charge in [0.1, 0.15) is 6.61 Å². The zero-order chi connectivity index (χ0) is 22.4. The van der Waals surface area contributed by atoms with Crippen LogP contribution in [0.2, 0.25) is 10.0 Å². The Hall–Kier alpha value is -2.63. The van der Waals surface area contributed by atoms with Gasteiger partial charge in [-0.25, -0.2) is 4.98 Å². The standard InChI is InChI=1S/C20H15Cl2IN4O4/c1-30-18-9-13(10-25-26-20-17(27(28)29)3-2-6-24-20)8-16(23)19(18)31-11-12-4-5-14(21)15(22)7-12/h2-10H,11H2,1H3,(H,24,26)/b25-10-. The van der Waals surface area contributed by atoms with Crippen LogP contribution in [-0.2, 0) is 6.61 Å². The number of rotatable bonds is 8. The number of nitrogens with zero attached hydrogens (tertiary/aromatic N) is 3. The maximum Gasteiger partial charge on any atom is 0.313 e. The number of ether oxygens (including phenoxy) is 2. The minimum absolute atomic E-state index is 0.0481. The van der Waals surface area contributed by atoms with Crippen LogP contribution in [0.25, 0.3) is 0 Å². The number of hydrogen-bond donors (Lipinski definition) is 1.